The van der Waals surface area contributed by atoms with Gasteiger partial charge in [0.15, 0.2) is 0 Å². The summed E-state index contributed by atoms with van der Waals surface area (Å²) < 4.78 is 9.41. The lowest BCUT2D eigenvalue weighted by Crippen LogP contribution is -2.23. The molecule has 0 amide bonds. The minimum absolute atomic E-state index is 0.0108. The second-order valence-corrected chi connectivity index (χ2v) is 2.70. The molecule has 76 valence electrons. The van der Waals surface area contributed by atoms with E-state index in [1.54, 1.807) is 6.92 Å². The van der Waals surface area contributed by atoms with Crippen LogP contribution >= 0.6 is 11.6 Å². The van der Waals surface area contributed by atoms with E-state index in [2.05, 4.69) is 4.74 Å². The van der Waals surface area contributed by atoms with Gasteiger partial charge in [0.05, 0.1) is 18.9 Å². The van der Waals surface area contributed by atoms with Crippen LogP contribution in [-0.4, -0.2) is 30.5 Å². The Morgan fingerprint density at radius 3 is 2.46 bits per heavy atom. The number of hydrogen-bond donors (Lipinski definition) is 0. The van der Waals surface area contributed by atoms with Gasteiger partial charge in [-0.15, -0.1) is 11.6 Å². The van der Waals surface area contributed by atoms with Gasteiger partial charge >= 0.3 is 11.9 Å². The molecular weight excluding hydrogens is 196 g/mol. The predicted molar refractivity (Wildman–Crippen MR) is 47.5 cm³/mol. The normalized spacial score (nSPS) is 11.9. The van der Waals surface area contributed by atoms with E-state index in [4.69, 9.17) is 16.3 Å². The van der Waals surface area contributed by atoms with Crippen molar-refractivity contribution in [2.45, 2.75) is 26.4 Å². The average molecular weight is 209 g/mol. The molecule has 0 aromatic carbocycles. The zero-order chi connectivity index (χ0) is 10.3. The largest absolute Gasteiger partial charge is 0.466 e. The molecule has 4 nitrogen and oxygen atoms in total. The van der Waals surface area contributed by atoms with E-state index in [0.29, 0.717) is 6.61 Å². The van der Waals surface area contributed by atoms with Crippen LogP contribution in [0.2, 0.25) is 0 Å². The summed E-state index contributed by atoms with van der Waals surface area (Å²) in [5, 5.41) is 0. The lowest BCUT2D eigenvalue weighted by Gasteiger charge is -2.12. The maximum Gasteiger partial charge on any atom is 0.309 e. The van der Waals surface area contributed by atoms with Gasteiger partial charge in [0.25, 0.3) is 0 Å². The minimum atomic E-state index is -0.585. The van der Waals surface area contributed by atoms with Gasteiger partial charge in [0.1, 0.15) is 6.10 Å². The summed E-state index contributed by atoms with van der Waals surface area (Å²) in [6, 6.07) is 0. The van der Waals surface area contributed by atoms with Crippen LogP contribution in [0, 0.1) is 0 Å². The molecule has 0 spiro atoms. The van der Waals surface area contributed by atoms with Crippen LogP contribution in [0.1, 0.15) is 20.3 Å². The molecule has 0 aromatic heterocycles. The molecule has 0 unspecified atom stereocenters. The highest BCUT2D eigenvalue weighted by atomic mass is 35.5. The molecule has 0 N–H and O–H groups in total. The summed E-state index contributed by atoms with van der Waals surface area (Å²) in [5.41, 5.74) is 0. The number of halogens is 1. The van der Waals surface area contributed by atoms with Crippen molar-refractivity contribution in [3.8, 4) is 0 Å². The van der Waals surface area contributed by atoms with Gasteiger partial charge in [-0.25, -0.2) is 0 Å². The minimum Gasteiger partial charge on any atom is -0.466 e. The molecule has 0 aliphatic rings. The van der Waals surface area contributed by atoms with Crippen molar-refractivity contribution in [3.05, 3.63) is 0 Å². The summed E-state index contributed by atoms with van der Waals surface area (Å²) in [6.07, 6.45) is -0.574. The van der Waals surface area contributed by atoms with E-state index in [9.17, 15) is 9.59 Å². The molecule has 0 aliphatic heterocycles. The smallest absolute Gasteiger partial charge is 0.309 e. The highest BCUT2D eigenvalue weighted by molar-refractivity contribution is 6.18. The number of carbonyl (C=O) groups is 2. The first-order valence-corrected chi connectivity index (χ1v) is 4.52. The van der Waals surface area contributed by atoms with Crippen molar-refractivity contribution in [2.75, 3.05) is 12.5 Å². The fourth-order valence-corrected chi connectivity index (χ4v) is 0.940. The maximum atomic E-state index is 10.9. The van der Waals surface area contributed by atoms with E-state index >= 15 is 0 Å². The zero-order valence-electron chi connectivity index (χ0n) is 7.71. The molecule has 0 saturated heterocycles. The van der Waals surface area contributed by atoms with Gasteiger partial charge in [-0.2, -0.15) is 0 Å². The highest BCUT2D eigenvalue weighted by Gasteiger charge is 2.16. The molecule has 0 saturated carbocycles. The first-order valence-electron chi connectivity index (χ1n) is 3.99. The molecule has 13 heavy (non-hydrogen) atoms. The van der Waals surface area contributed by atoms with Crippen molar-refractivity contribution in [1.82, 2.24) is 0 Å². The summed E-state index contributed by atoms with van der Waals surface area (Å²) in [4.78, 5) is 21.4. The van der Waals surface area contributed by atoms with E-state index in [1.165, 1.54) is 6.92 Å². The zero-order valence-corrected chi connectivity index (χ0v) is 8.47. The second kappa shape index (κ2) is 6.71. The fraction of sp³-hybridized carbons (Fsp3) is 0.750. The topological polar surface area (TPSA) is 52.6 Å². The Labute approximate surface area is 82.1 Å². The quantitative estimate of drug-likeness (QED) is 0.502. The molecule has 0 bridgehead atoms. The van der Waals surface area contributed by atoms with Crippen molar-refractivity contribution in [2.24, 2.45) is 0 Å². The van der Waals surface area contributed by atoms with Crippen molar-refractivity contribution in [3.63, 3.8) is 0 Å². The van der Waals surface area contributed by atoms with Gasteiger partial charge in [0.2, 0.25) is 0 Å². The maximum absolute atomic E-state index is 10.9. The standard InChI is InChI=1S/C8H13ClO4/c1-3-12-8(11)4-7(5-9)13-6(2)10/h7H,3-5H2,1-2H3/t7-/m0/s1. The van der Waals surface area contributed by atoms with Gasteiger partial charge in [0, 0.05) is 6.92 Å². The number of carbonyl (C=O) groups excluding carboxylic acids is 2. The molecule has 1 atom stereocenters. The summed E-state index contributed by atoms with van der Waals surface area (Å²) in [7, 11) is 0. The molecule has 0 rings (SSSR count). The molecular formula is C8H13ClO4. The van der Waals surface area contributed by atoms with Crippen LogP contribution < -0.4 is 0 Å². The Hall–Kier alpha value is -0.770. The molecule has 0 fully saturated rings. The molecule has 0 radical (unpaired) electrons. The summed E-state index contributed by atoms with van der Waals surface area (Å²) >= 11 is 5.47. The first kappa shape index (κ1) is 12.2. The molecule has 0 heterocycles. The van der Waals surface area contributed by atoms with Gasteiger partial charge in [-0.3, -0.25) is 9.59 Å². The average Bonchev–Trinajstić information content (AvgIpc) is 2.02. The Morgan fingerprint density at radius 2 is 2.08 bits per heavy atom. The monoisotopic (exact) mass is 208 g/mol. The third-order valence-electron chi connectivity index (χ3n) is 1.20. The van der Waals surface area contributed by atoms with Crippen LogP contribution in [0.3, 0.4) is 0 Å². The summed E-state index contributed by atoms with van der Waals surface area (Å²) in [5.74, 6) is -0.761. The summed E-state index contributed by atoms with van der Waals surface area (Å²) in [6.45, 7) is 3.29. The molecule has 0 aliphatic carbocycles. The number of alkyl halides is 1. The van der Waals surface area contributed by atoms with Gasteiger partial charge in [-0.05, 0) is 6.92 Å². The van der Waals surface area contributed by atoms with Crippen molar-refractivity contribution < 1.29 is 19.1 Å². The molecule has 0 aromatic rings. The highest BCUT2D eigenvalue weighted by Crippen LogP contribution is 2.03. The Balaban J connectivity index is 3.83. The number of hydrogen-bond acceptors (Lipinski definition) is 4. The first-order chi connectivity index (χ1) is 6.10. The van der Waals surface area contributed by atoms with Crippen LogP contribution in [0.25, 0.3) is 0 Å². The Morgan fingerprint density at radius 1 is 1.46 bits per heavy atom. The number of rotatable bonds is 5. The Kier molecular flexibility index (Phi) is 6.32. The van der Waals surface area contributed by atoms with Crippen LogP contribution in [-0.2, 0) is 19.1 Å². The number of ether oxygens (including phenoxy) is 2. The fourth-order valence-electron chi connectivity index (χ4n) is 0.768. The lowest BCUT2D eigenvalue weighted by molar-refractivity contribution is -0.152. The van der Waals surface area contributed by atoms with Crippen LogP contribution in [0.15, 0.2) is 0 Å². The van der Waals surface area contributed by atoms with Crippen molar-refractivity contribution >= 4 is 23.5 Å². The Bertz CT molecular complexity index is 181. The number of esters is 2. The van der Waals surface area contributed by atoms with Crippen LogP contribution in [0.4, 0.5) is 0 Å². The third-order valence-corrected chi connectivity index (χ3v) is 1.55. The molecule has 5 heteroatoms. The van der Waals surface area contributed by atoms with E-state index < -0.39 is 18.0 Å². The predicted octanol–water partition coefficient (Wildman–Crippen LogP) is 1.11. The second-order valence-electron chi connectivity index (χ2n) is 2.39. The van der Waals surface area contributed by atoms with E-state index in [1.807, 2.05) is 0 Å². The van der Waals surface area contributed by atoms with Crippen LogP contribution in [0.5, 0.6) is 0 Å². The van der Waals surface area contributed by atoms with E-state index in [0.717, 1.165) is 0 Å². The SMILES string of the molecule is CCOC(=O)C[C@@H](CCl)OC(C)=O. The van der Waals surface area contributed by atoms with Crippen molar-refractivity contribution in [1.29, 1.82) is 0 Å². The third kappa shape index (κ3) is 6.40. The lowest BCUT2D eigenvalue weighted by atomic mass is 10.3. The van der Waals surface area contributed by atoms with E-state index in [-0.39, 0.29) is 12.3 Å². The van der Waals surface area contributed by atoms with Gasteiger partial charge < -0.3 is 9.47 Å². The van der Waals surface area contributed by atoms with Gasteiger partial charge in [-0.1, -0.05) is 0 Å².